The Kier molecular flexibility index (Phi) is 4.76. The van der Waals surface area contributed by atoms with E-state index in [2.05, 4.69) is 15.5 Å². The van der Waals surface area contributed by atoms with Gasteiger partial charge >= 0.3 is 0 Å². The molecule has 1 aromatic heterocycles. The topological polar surface area (TPSA) is 103 Å². The second-order valence-electron chi connectivity index (χ2n) is 4.68. The third kappa shape index (κ3) is 3.61. The van der Waals surface area contributed by atoms with Gasteiger partial charge < -0.3 is 9.88 Å². The Morgan fingerprint density at radius 2 is 2.14 bits per heavy atom. The van der Waals surface area contributed by atoms with Gasteiger partial charge in [0.1, 0.15) is 5.82 Å². The Labute approximate surface area is 131 Å². The molecule has 9 heteroatoms. The van der Waals surface area contributed by atoms with Crippen LogP contribution in [0, 0.1) is 24.0 Å². The summed E-state index contributed by atoms with van der Waals surface area (Å²) in [7, 11) is 1.82. The van der Waals surface area contributed by atoms with E-state index >= 15 is 0 Å². The minimum atomic E-state index is -0.494. The molecule has 0 aliphatic rings. The minimum absolute atomic E-state index is 0.0579. The first kappa shape index (κ1) is 16.0. The fraction of sp³-hybridized carbons (Fsp3) is 0.308. The number of nitrogens with zero attached hydrogens (tertiary/aromatic N) is 4. The number of non-ortho nitro benzene ring substituents is 1. The average molecular weight is 321 g/mol. The molecule has 0 atom stereocenters. The number of aryl methyl sites for hydroxylation is 2. The van der Waals surface area contributed by atoms with Crippen LogP contribution in [-0.4, -0.2) is 31.3 Å². The maximum atomic E-state index is 12.0. The first-order valence-corrected chi connectivity index (χ1v) is 7.40. The van der Waals surface area contributed by atoms with Gasteiger partial charge in [-0.1, -0.05) is 17.8 Å². The third-order valence-corrected chi connectivity index (χ3v) is 4.11. The summed E-state index contributed by atoms with van der Waals surface area (Å²) < 4.78 is 1.79. The molecule has 1 heterocycles. The summed E-state index contributed by atoms with van der Waals surface area (Å²) in [6, 6.07) is 4.36. The van der Waals surface area contributed by atoms with Crippen molar-refractivity contribution in [3.8, 4) is 0 Å². The zero-order chi connectivity index (χ0) is 16.3. The predicted octanol–water partition coefficient (Wildman–Crippen LogP) is 2.07. The summed E-state index contributed by atoms with van der Waals surface area (Å²) in [5.74, 6) is 0.653. The van der Waals surface area contributed by atoms with Crippen LogP contribution in [-0.2, 0) is 11.8 Å². The van der Waals surface area contributed by atoms with Crippen molar-refractivity contribution in [1.82, 2.24) is 14.8 Å². The number of aromatic nitrogens is 3. The van der Waals surface area contributed by atoms with Crippen LogP contribution in [0.5, 0.6) is 0 Å². The van der Waals surface area contributed by atoms with Gasteiger partial charge in [-0.3, -0.25) is 14.9 Å². The van der Waals surface area contributed by atoms with Crippen molar-refractivity contribution in [2.75, 3.05) is 11.1 Å². The number of thioether (sulfide) groups is 1. The van der Waals surface area contributed by atoms with E-state index < -0.39 is 4.92 Å². The van der Waals surface area contributed by atoms with Crippen molar-refractivity contribution in [2.24, 2.45) is 7.05 Å². The number of amides is 1. The van der Waals surface area contributed by atoms with Crippen LogP contribution < -0.4 is 5.32 Å². The number of hydrogen-bond donors (Lipinski definition) is 1. The maximum absolute atomic E-state index is 12.0. The highest BCUT2D eigenvalue weighted by atomic mass is 32.2. The summed E-state index contributed by atoms with van der Waals surface area (Å²) in [6.45, 7) is 3.60. The lowest BCUT2D eigenvalue weighted by molar-refractivity contribution is -0.384. The lowest BCUT2D eigenvalue weighted by Gasteiger charge is -2.08. The van der Waals surface area contributed by atoms with Crippen molar-refractivity contribution < 1.29 is 9.72 Å². The molecule has 0 spiro atoms. The number of carbonyl (C=O) groups excluding carboxylic acids is 1. The minimum Gasteiger partial charge on any atom is -0.325 e. The van der Waals surface area contributed by atoms with Crippen LogP contribution in [0.25, 0.3) is 0 Å². The quantitative estimate of drug-likeness (QED) is 0.514. The molecule has 1 N–H and O–H groups in total. The second kappa shape index (κ2) is 6.56. The van der Waals surface area contributed by atoms with Gasteiger partial charge in [0, 0.05) is 19.2 Å². The Hall–Kier alpha value is -2.42. The van der Waals surface area contributed by atoms with Crippen molar-refractivity contribution in [1.29, 1.82) is 0 Å². The molecule has 0 bridgehead atoms. The highest BCUT2D eigenvalue weighted by molar-refractivity contribution is 7.99. The summed E-state index contributed by atoms with van der Waals surface area (Å²) in [5.41, 5.74) is 1.14. The summed E-state index contributed by atoms with van der Waals surface area (Å²) in [5, 5.41) is 22.0. The molecule has 116 valence electrons. The molecule has 0 aliphatic heterocycles. The molecular weight excluding hydrogens is 306 g/mol. The van der Waals surface area contributed by atoms with Crippen LogP contribution in [0.3, 0.4) is 0 Å². The molecule has 0 fully saturated rings. The van der Waals surface area contributed by atoms with E-state index in [0.29, 0.717) is 10.8 Å². The normalized spacial score (nSPS) is 10.5. The average Bonchev–Trinajstić information content (AvgIpc) is 2.78. The third-order valence-electron chi connectivity index (χ3n) is 3.09. The number of rotatable bonds is 5. The zero-order valence-corrected chi connectivity index (χ0v) is 13.2. The predicted molar refractivity (Wildman–Crippen MR) is 82.9 cm³/mol. The standard InChI is InChI=1S/C13H15N5O3S/c1-8-4-5-10(18(20)21)6-11(8)14-12(19)7-22-13-16-15-9(2)17(13)3/h4-6H,7H2,1-3H3,(H,14,19). The van der Waals surface area contributed by atoms with Crippen LogP contribution in [0.1, 0.15) is 11.4 Å². The van der Waals surface area contributed by atoms with Crippen molar-refractivity contribution in [3.05, 3.63) is 39.7 Å². The summed E-state index contributed by atoms with van der Waals surface area (Å²) in [6.07, 6.45) is 0. The molecule has 8 nitrogen and oxygen atoms in total. The lowest BCUT2D eigenvalue weighted by Crippen LogP contribution is -2.15. The maximum Gasteiger partial charge on any atom is 0.271 e. The smallest absolute Gasteiger partial charge is 0.271 e. The van der Waals surface area contributed by atoms with E-state index in [0.717, 1.165) is 11.4 Å². The van der Waals surface area contributed by atoms with Crippen molar-refractivity contribution >= 4 is 29.0 Å². The molecule has 22 heavy (non-hydrogen) atoms. The fourth-order valence-corrected chi connectivity index (χ4v) is 2.44. The molecule has 2 rings (SSSR count). The second-order valence-corrected chi connectivity index (χ2v) is 5.62. The highest BCUT2D eigenvalue weighted by Crippen LogP contribution is 2.22. The number of nitrogens with one attached hydrogen (secondary N) is 1. The molecule has 2 aromatic rings. The molecule has 0 saturated carbocycles. The van der Waals surface area contributed by atoms with Gasteiger partial charge in [0.25, 0.3) is 5.69 Å². The van der Waals surface area contributed by atoms with E-state index in [1.54, 1.807) is 17.6 Å². The monoisotopic (exact) mass is 321 g/mol. The van der Waals surface area contributed by atoms with Crippen LogP contribution in [0.2, 0.25) is 0 Å². The number of nitro benzene ring substituents is 1. The number of hydrogen-bond acceptors (Lipinski definition) is 6. The molecule has 1 amide bonds. The largest absolute Gasteiger partial charge is 0.325 e. The van der Waals surface area contributed by atoms with Gasteiger partial charge in [0.2, 0.25) is 5.91 Å². The van der Waals surface area contributed by atoms with Crippen molar-refractivity contribution in [3.63, 3.8) is 0 Å². The van der Waals surface area contributed by atoms with E-state index in [9.17, 15) is 14.9 Å². The van der Waals surface area contributed by atoms with Gasteiger partial charge in [-0.15, -0.1) is 10.2 Å². The van der Waals surface area contributed by atoms with Crippen LogP contribution >= 0.6 is 11.8 Å². The zero-order valence-electron chi connectivity index (χ0n) is 12.4. The number of carbonyl (C=O) groups is 1. The van der Waals surface area contributed by atoms with Gasteiger partial charge in [-0.25, -0.2) is 0 Å². The number of nitro groups is 1. The molecule has 0 aliphatic carbocycles. The van der Waals surface area contributed by atoms with E-state index in [-0.39, 0.29) is 17.3 Å². The number of benzene rings is 1. The van der Waals surface area contributed by atoms with Gasteiger partial charge in [0.15, 0.2) is 5.16 Å². The molecule has 0 unspecified atom stereocenters. The Morgan fingerprint density at radius 3 is 2.73 bits per heavy atom. The lowest BCUT2D eigenvalue weighted by atomic mass is 10.2. The molecular formula is C13H15N5O3S. The van der Waals surface area contributed by atoms with E-state index in [4.69, 9.17) is 0 Å². The highest BCUT2D eigenvalue weighted by Gasteiger charge is 2.13. The SMILES string of the molecule is Cc1ccc([N+](=O)[O-])cc1NC(=O)CSc1nnc(C)n1C. The van der Waals surface area contributed by atoms with Gasteiger partial charge in [-0.2, -0.15) is 0 Å². The van der Waals surface area contributed by atoms with Gasteiger partial charge in [-0.05, 0) is 19.4 Å². The Balaban J connectivity index is 2.01. The van der Waals surface area contributed by atoms with E-state index in [1.165, 1.54) is 23.9 Å². The van der Waals surface area contributed by atoms with Crippen LogP contribution in [0.15, 0.2) is 23.4 Å². The molecule has 0 radical (unpaired) electrons. The molecule has 1 aromatic carbocycles. The van der Waals surface area contributed by atoms with E-state index in [1.807, 2.05) is 14.0 Å². The van der Waals surface area contributed by atoms with Crippen molar-refractivity contribution in [2.45, 2.75) is 19.0 Å². The molecule has 0 saturated heterocycles. The van der Waals surface area contributed by atoms with Crippen LogP contribution in [0.4, 0.5) is 11.4 Å². The summed E-state index contributed by atoms with van der Waals surface area (Å²) >= 11 is 1.26. The number of anilines is 1. The fourth-order valence-electron chi connectivity index (χ4n) is 1.69. The summed E-state index contributed by atoms with van der Waals surface area (Å²) in [4.78, 5) is 22.3. The first-order valence-electron chi connectivity index (χ1n) is 6.42. The first-order chi connectivity index (χ1) is 10.4. The Morgan fingerprint density at radius 1 is 1.41 bits per heavy atom. The Bertz CT molecular complexity index is 728. The van der Waals surface area contributed by atoms with Gasteiger partial charge in [0.05, 0.1) is 16.4 Å².